The van der Waals surface area contributed by atoms with Crippen LogP contribution in [-0.2, 0) is 13.0 Å². The quantitative estimate of drug-likeness (QED) is 0.763. The molecule has 1 aromatic carbocycles. The molecule has 0 spiro atoms. The zero-order chi connectivity index (χ0) is 12.2. The first-order valence-electron chi connectivity index (χ1n) is 6.68. The van der Waals surface area contributed by atoms with E-state index in [1.54, 1.807) is 6.33 Å². The van der Waals surface area contributed by atoms with Crippen LogP contribution in [0, 0.1) is 0 Å². The summed E-state index contributed by atoms with van der Waals surface area (Å²) in [5, 5.41) is 3.46. The third-order valence-corrected chi connectivity index (χ3v) is 3.48. The van der Waals surface area contributed by atoms with Crippen LogP contribution in [0.25, 0.3) is 0 Å². The molecular formula is C15H19N3. The third kappa shape index (κ3) is 2.99. The van der Waals surface area contributed by atoms with Crippen molar-refractivity contribution in [1.29, 1.82) is 0 Å². The first kappa shape index (κ1) is 11.5. The molecule has 1 aromatic heterocycles. The Balaban J connectivity index is 1.42. The number of hydrogen-bond donors (Lipinski definition) is 2. The molecule has 0 atom stereocenters. The van der Waals surface area contributed by atoms with Gasteiger partial charge >= 0.3 is 0 Å². The van der Waals surface area contributed by atoms with Gasteiger partial charge in [-0.25, -0.2) is 4.98 Å². The van der Waals surface area contributed by atoms with Crippen LogP contribution in [0.5, 0.6) is 0 Å². The molecule has 2 aromatic rings. The Bertz CT molecular complexity index is 469. The van der Waals surface area contributed by atoms with Crippen LogP contribution in [0.2, 0.25) is 0 Å². The third-order valence-electron chi connectivity index (χ3n) is 3.48. The zero-order valence-electron chi connectivity index (χ0n) is 10.5. The molecule has 0 unspecified atom stereocenters. The van der Waals surface area contributed by atoms with Gasteiger partial charge in [0.05, 0.1) is 6.33 Å². The Morgan fingerprint density at radius 2 is 2.06 bits per heavy atom. The number of benzene rings is 1. The second-order valence-corrected chi connectivity index (χ2v) is 5.02. The molecule has 0 bridgehead atoms. The molecule has 0 aliphatic heterocycles. The topological polar surface area (TPSA) is 40.7 Å². The molecule has 3 heteroatoms. The van der Waals surface area contributed by atoms with Gasteiger partial charge in [-0.15, -0.1) is 0 Å². The van der Waals surface area contributed by atoms with Crippen LogP contribution in [0.4, 0.5) is 0 Å². The zero-order valence-corrected chi connectivity index (χ0v) is 10.5. The number of aromatic nitrogens is 2. The smallest absolute Gasteiger partial charge is 0.0921 e. The fourth-order valence-electron chi connectivity index (χ4n) is 2.20. The van der Waals surface area contributed by atoms with E-state index in [-0.39, 0.29) is 0 Å². The fourth-order valence-corrected chi connectivity index (χ4v) is 2.20. The minimum atomic E-state index is 0.854. The molecule has 94 valence electrons. The molecular weight excluding hydrogens is 222 g/mol. The summed E-state index contributed by atoms with van der Waals surface area (Å²) in [6, 6.07) is 9.06. The lowest BCUT2D eigenvalue weighted by Crippen LogP contribution is -2.16. The van der Waals surface area contributed by atoms with Crippen molar-refractivity contribution in [3.05, 3.63) is 53.6 Å². The molecule has 0 saturated heterocycles. The van der Waals surface area contributed by atoms with Crippen LogP contribution in [-0.4, -0.2) is 16.5 Å². The normalized spacial score (nSPS) is 14.9. The summed E-state index contributed by atoms with van der Waals surface area (Å²) in [7, 11) is 0. The highest BCUT2D eigenvalue weighted by molar-refractivity contribution is 5.27. The van der Waals surface area contributed by atoms with Crippen molar-refractivity contribution >= 4 is 0 Å². The van der Waals surface area contributed by atoms with Crippen molar-refractivity contribution in [3.8, 4) is 0 Å². The maximum atomic E-state index is 4.01. The van der Waals surface area contributed by atoms with Gasteiger partial charge in [0.15, 0.2) is 0 Å². The maximum absolute atomic E-state index is 4.01. The second-order valence-electron chi connectivity index (χ2n) is 5.02. The van der Waals surface area contributed by atoms with E-state index < -0.39 is 0 Å². The molecule has 2 N–H and O–H groups in total. The first-order chi connectivity index (χ1) is 8.92. The van der Waals surface area contributed by atoms with Crippen LogP contribution >= 0.6 is 0 Å². The van der Waals surface area contributed by atoms with Gasteiger partial charge < -0.3 is 10.3 Å². The predicted octanol–water partition coefficient (Wildman–Crippen LogP) is 2.62. The highest BCUT2D eigenvalue weighted by Crippen LogP contribution is 2.39. The summed E-state index contributed by atoms with van der Waals surface area (Å²) < 4.78 is 0. The molecule has 1 saturated carbocycles. The SMILES string of the molecule is c1ncc(CCNCc2ccc(C3CC3)cc2)[nH]1. The van der Waals surface area contributed by atoms with Gasteiger partial charge in [-0.2, -0.15) is 0 Å². The monoisotopic (exact) mass is 241 g/mol. The van der Waals surface area contributed by atoms with Crippen molar-refractivity contribution < 1.29 is 0 Å². The summed E-state index contributed by atoms with van der Waals surface area (Å²) in [5.41, 5.74) is 4.06. The fraction of sp³-hybridized carbons (Fsp3) is 0.400. The molecule has 0 radical (unpaired) electrons. The Morgan fingerprint density at radius 1 is 1.22 bits per heavy atom. The molecule has 3 nitrogen and oxygen atoms in total. The van der Waals surface area contributed by atoms with Crippen LogP contribution in [0.1, 0.15) is 35.6 Å². The lowest BCUT2D eigenvalue weighted by molar-refractivity contribution is 0.681. The van der Waals surface area contributed by atoms with Crippen molar-refractivity contribution in [2.24, 2.45) is 0 Å². The van der Waals surface area contributed by atoms with Gasteiger partial charge in [-0.1, -0.05) is 24.3 Å². The number of imidazole rings is 1. The molecule has 18 heavy (non-hydrogen) atoms. The summed E-state index contributed by atoms with van der Waals surface area (Å²) in [6.07, 6.45) is 7.36. The van der Waals surface area contributed by atoms with E-state index in [1.165, 1.54) is 29.7 Å². The maximum Gasteiger partial charge on any atom is 0.0921 e. The van der Waals surface area contributed by atoms with E-state index in [0.717, 1.165) is 25.4 Å². The molecule has 1 aliphatic rings. The van der Waals surface area contributed by atoms with Crippen LogP contribution < -0.4 is 5.32 Å². The predicted molar refractivity (Wildman–Crippen MR) is 72.4 cm³/mol. The van der Waals surface area contributed by atoms with Crippen LogP contribution in [0.15, 0.2) is 36.8 Å². The number of rotatable bonds is 6. The minimum absolute atomic E-state index is 0.854. The number of H-pyrrole nitrogens is 1. The number of hydrogen-bond acceptors (Lipinski definition) is 2. The van der Waals surface area contributed by atoms with E-state index in [1.807, 2.05) is 6.20 Å². The Kier molecular flexibility index (Phi) is 3.42. The molecule has 1 fully saturated rings. The summed E-state index contributed by atoms with van der Waals surface area (Å²) in [5.74, 6) is 0.854. The van der Waals surface area contributed by atoms with E-state index >= 15 is 0 Å². The molecule has 0 amide bonds. The lowest BCUT2D eigenvalue weighted by Gasteiger charge is -2.05. The average molecular weight is 241 g/mol. The summed E-state index contributed by atoms with van der Waals surface area (Å²) in [4.78, 5) is 7.12. The standard InChI is InChI=1S/C15H19N3/c1-3-13(14-5-6-14)4-2-12(1)9-16-8-7-15-10-17-11-18-15/h1-4,10-11,14,16H,5-9H2,(H,17,18). The van der Waals surface area contributed by atoms with Crippen LogP contribution in [0.3, 0.4) is 0 Å². The number of aromatic amines is 1. The Morgan fingerprint density at radius 3 is 2.72 bits per heavy atom. The average Bonchev–Trinajstić information content (AvgIpc) is 3.13. The van der Waals surface area contributed by atoms with Crippen molar-refractivity contribution in [1.82, 2.24) is 15.3 Å². The largest absolute Gasteiger partial charge is 0.348 e. The highest BCUT2D eigenvalue weighted by Gasteiger charge is 2.22. The number of nitrogens with one attached hydrogen (secondary N) is 2. The summed E-state index contributed by atoms with van der Waals surface area (Å²) in [6.45, 7) is 1.92. The van der Waals surface area contributed by atoms with Crippen molar-refractivity contribution in [3.63, 3.8) is 0 Å². The highest BCUT2D eigenvalue weighted by atomic mass is 14.9. The van der Waals surface area contributed by atoms with Crippen molar-refractivity contribution in [2.75, 3.05) is 6.54 Å². The first-order valence-corrected chi connectivity index (χ1v) is 6.68. The van der Waals surface area contributed by atoms with Gasteiger partial charge in [-0.05, 0) is 29.9 Å². The minimum Gasteiger partial charge on any atom is -0.348 e. The van der Waals surface area contributed by atoms with E-state index in [9.17, 15) is 0 Å². The second kappa shape index (κ2) is 5.36. The number of nitrogens with zero attached hydrogens (tertiary/aromatic N) is 1. The van der Waals surface area contributed by atoms with E-state index in [4.69, 9.17) is 0 Å². The summed E-state index contributed by atoms with van der Waals surface area (Å²) >= 11 is 0. The van der Waals surface area contributed by atoms with Gasteiger partial charge in [0, 0.05) is 31.4 Å². The van der Waals surface area contributed by atoms with Crippen molar-refractivity contribution in [2.45, 2.75) is 31.7 Å². The van der Waals surface area contributed by atoms with Gasteiger partial charge in [0.2, 0.25) is 0 Å². The Hall–Kier alpha value is -1.61. The van der Waals surface area contributed by atoms with Gasteiger partial charge in [0.1, 0.15) is 0 Å². The Labute approximate surface area is 108 Å². The van der Waals surface area contributed by atoms with E-state index in [0.29, 0.717) is 0 Å². The molecule has 1 aliphatic carbocycles. The van der Waals surface area contributed by atoms with Gasteiger partial charge in [0.25, 0.3) is 0 Å². The van der Waals surface area contributed by atoms with Gasteiger partial charge in [-0.3, -0.25) is 0 Å². The van der Waals surface area contributed by atoms with E-state index in [2.05, 4.69) is 39.6 Å². The molecule has 1 heterocycles. The molecule has 3 rings (SSSR count). The lowest BCUT2D eigenvalue weighted by atomic mass is 10.1.